The Morgan fingerprint density at radius 1 is 1.29 bits per heavy atom. The lowest BCUT2D eigenvalue weighted by molar-refractivity contribution is -0.137. The zero-order valence-electron chi connectivity index (χ0n) is 19.5. The molecule has 1 N–H and O–H groups in total. The highest BCUT2D eigenvalue weighted by Crippen LogP contribution is 2.35. The van der Waals surface area contributed by atoms with Crippen molar-refractivity contribution < 1.29 is 22.8 Å². The Labute approximate surface area is 210 Å². The fraction of sp³-hybridized carbons (Fsp3) is 0.478. The van der Waals surface area contributed by atoms with E-state index in [1.165, 1.54) is 22.7 Å². The van der Waals surface area contributed by atoms with Gasteiger partial charge in [-0.05, 0) is 50.6 Å². The van der Waals surface area contributed by atoms with E-state index in [0.717, 1.165) is 12.1 Å². The minimum absolute atomic E-state index is 0.0135. The summed E-state index contributed by atoms with van der Waals surface area (Å²) >= 11 is 6.98. The number of hydrogen-bond donors (Lipinski definition) is 1. The van der Waals surface area contributed by atoms with Crippen LogP contribution in [0, 0.1) is 0 Å². The first-order valence-electron chi connectivity index (χ1n) is 11.0. The smallest absolute Gasteiger partial charge is 0.359 e. The number of carbonyl (C=O) groups is 2. The highest BCUT2D eigenvalue weighted by atomic mass is 35.5. The van der Waals surface area contributed by atoms with Crippen LogP contribution in [0.4, 0.5) is 13.2 Å². The zero-order valence-corrected chi connectivity index (χ0v) is 21.1. The van der Waals surface area contributed by atoms with Crippen molar-refractivity contribution in [1.82, 2.24) is 19.8 Å². The molecule has 0 bridgehead atoms. The number of fused-ring (bicyclic) bond motifs is 1. The summed E-state index contributed by atoms with van der Waals surface area (Å²) in [5.74, 6) is -0.649. The van der Waals surface area contributed by atoms with E-state index in [0.29, 0.717) is 42.2 Å². The van der Waals surface area contributed by atoms with Gasteiger partial charge in [0.2, 0.25) is 5.91 Å². The maximum absolute atomic E-state index is 13.3. The molecule has 0 unspecified atom stereocenters. The van der Waals surface area contributed by atoms with Crippen molar-refractivity contribution in [3.63, 3.8) is 0 Å². The van der Waals surface area contributed by atoms with Crippen LogP contribution in [0.2, 0.25) is 5.02 Å². The van der Waals surface area contributed by atoms with Gasteiger partial charge in [0.15, 0.2) is 5.16 Å². The maximum atomic E-state index is 13.3. The van der Waals surface area contributed by atoms with Crippen LogP contribution in [0.3, 0.4) is 0 Å². The van der Waals surface area contributed by atoms with Gasteiger partial charge in [-0.2, -0.15) is 13.2 Å². The van der Waals surface area contributed by atoms with Gasteiger partial charge in [-0.1, -0.05) is 23.4 Å². The molecule has 190 valence electrons. The standard InChI is InChI=1S/C23H26ClF3N4O3S/c1-13-10-15-18(29-22(35-3)30(21(15)34)9-5-4-6-19(32)28-2)12-31(13)20(33)14-7-8-17(24)16(11-14)23(25,26)27/h7-8,11,13H,4-6,9-10,12H2,1-3H3,(H,28,32)/t13-/m1/s1. The molecule has 0 fully saturated rings. The highest BCUT2D eigenvalue weighted by Gasteiger charge is 2.36. The zero-order chi connectivity index (χ0) is 25.9. The number of thioether (sulfide) groups is 1. The van der Waals surface area contributed by atoms with Crippen LogP contribution in [-0.2, 0) is 30.5 Å². The summed E-state index contributed by atoms with van der Waals surface area (Å²) in [7, 11) is 1.57. The monoisotopic (exact) mass is 530 g/mol. The lowest BCUT2D eigenvalue weighted by atomic mass is 9.98. The second kappa shape index (κ2) is 11.0. The van der Waals surface area contributed by atoms with Gasteiger partial charge in [0.05, 0.1) is 22.8 Å². The number of amides is 2. The summed E-state index contributed by atoms with van der Waals surface area (Å²) in [6.45, 7) is 2.17. The molecule has 12 heteroatoms. The molecule has 0 saturated carbocycles. The minimum atomic E-state index is -4.69. The van der Waals surface area contributed by atoms with Gasteiger partial charge in [0.1, 0.15) is 0 Å². The lowest BCUT2D eigenvalue weighted by Crippen LogP contribution is -2.46. The molecule has 1 aliphatic rings. The van der Waals surface area contributed by atoms with Gasteiger partial charge in [-0.3, -0.25) is 19.0 Å². The molecule has 1 aromatic carbocycles. The first kappa shape index (κ1) is 27.1. The van der Waals surface area contributed by atoms with Crippen LogP contribution in [0.15, 0.2) is 28.2 Å². The molecule has 3 rings (SSSR count). The number of rotatable bonds is 7. The van der Waals surface area contributed by atoms with E-state index in [2.05, 4.69) is 10.3 Å². The number of benzene rings is 1. The molecule has 0 spiro atoms. The van der Waals surface area contributed by atoms with Crippen molar-refractivity contribution in [3.05, 3.63) is 56.0 Å². The third-order valence-electron chi connectivity index (χ3n) is 5.94. The number of unbranched alkanes of at least 4 members (excludes halogenated alkanes) is 1. The molecule has 0 radical (unpaired) electrons. The molecule has 1 atom stereocenters. The first-order valence-corrected chi connectivity index (χ1v) is 12.6. The van der Waals surface area contributed by atoms with E-state index >= 15 is 0 Å². The van der Waals surface area contributed by atoms with Crippen LogP contribution in [-0.4, -0.2) is 45.6 Å². The highest BCUT2D eigenvalue weighted by molar-refractivity contribution is 7.98. The van der Waals surface area contributed by atoms with E-state index in [9.17, 15) is 27.6 Å². The van der Waals surface area contributed by atoms with Crippen LogP contribution in [0.5, 0.6) is 0 Å². The lowest BCUT2D eigenvalue weighted by Gasteiger charge is -2.34. The van der Waals surface area contributed by atoms with Crippen LogP contribution in [0.1, 0.15) is 53.4 Å². The molecular formula is C23H26ClF3N4O3S. The van der Waals surface area contributed by atoms with E-state index in [1.54, 1.807) is 24.8 Å². The average molecular weight is 531 g/mol. The third kappa shape index (κ3) is 6.00. The number of nitrogens with one attached hydrogen (secondary N) is 1. The molecular weight excluding hydrogens is 505 g/mol. The number of hydrogen-bond acceptors (Lipinski definition) is 5. The Balaban J connectivity index is 1.86. The summed E-state index contributed by atoms with van der Waals surface area (Å²) in [5, 5.41) is 2.57. The average Bonchev–Trinajstić information content (AvgIpc) is 2.81. The molecule has 0 aliphatic carbocycles. The maximum Gasteiger partial charge on any atom is 0.417 e. The number of carbonyl (C=O) groups excluding carboxylic acids is 2. The van der Waals surface area contributed by atoms with E-state index < -0.39 is 28.7 Å². The van der Waals surface area contributed by atoms with Crippen molar-refractivity contribution >= 4 is 35.2 Å². The van der Waals surface area contributed by atoms with Crippen molar-refractivity contribution in [1.29, 1.82) is 0 Å². The predicted molar refractivity (Wildman–Crippen MR) is 128 cm³/mol. The van der Waals surface area contributed by atoms with E-state index in [1.807, 2.05) is 0 Å². The number of aromatic nitrogens is 2. The van der Waals surface area contributed by atoms with E-state index in [-0.39, 0.29) is 30.0 Å². The Bertz CT molecular complexity index is 1190. The number of alkyl halides is 3. The molecule has 7 nitrogen and oxygen atoms in total. The summed E-state index contributed by atoms with van der Waals surface area (Å²) in [6.07, 6.45) is -1.05. The largest absolute Gasteiger partial charge is 0.417 e. The minimum Gasteiger partial charge on any atom is -0.359 e. The second-order valence-corrected chi connectivity index (χ2v) is 9.47. The summed E-state index contributed by atoms with van der Waals surface area (Å²) in [4.78, 5) is 43.8. The molecule has 1 aromatic heterocycles. The second-order valence-electron chi connectivity index (χ2n) is 8.29. The fourth-order valence-electron chi connectivity index (χ4n) is 4.02. The van der Waals surface area contributed by atoms with Crippen molar-refractivity contribution in [2.75, 3.05) is 13.3 Å². The van der Waals surface area contributed by atoms with Crippen LogP contribution in [0.25, 0.3) is 0 Å². The Morgan fingerprint density at radius 3 is 2.63 bits per heavy atom. The van der Waals surface area contributed by atoms with Crippen molar-refractivity contribution in [2.45, 2.75) is 63.1 Å². The van der Waals surface area contributed by atoms with Gasteiger partial charge < -0.3 is 10.2 Å². The van der Waals surface area contributed by atoms with Crippen LogP contribution < -0.4 is 10.9 Å². The molecule has 2 aromatic rings. The normalized spacial score (nSPS) is 15.6. The Hall–Kier alpha value is -2.53. The SMILES string of the molecule is CNC(=O)CCCCn1c(SC)nc2c(c1=O)C[C@@H](C)N(C(=O)c1ccc(Cl)c(C(F)(F)F)c1)C2. The molecule has 2 heterocycles. The van der Waals surface area contributed by atoms with Gasteiger partial charge in [-0.15, -0.1) is 0 Å². The molecule has 0 saturated heterocycles. The summed E-state index contributed by atoms with van der Waals surface area (Å²) in [6, 6.07) is 2.66. The number of nitrogens with zero attached hydrogens (tertiary/aromatic N) is 3. The first-order chi connectivity index (χ1) is 16.5. The molecule has 1 aliphatic heterocycles. The van der Waals surface area contributed by atoms with Gasteiger partial charge in [-0.25, -0.2) is 4.98 Å². The number of halogens is 4. The Morgan fingerprint density at radius 2 is 2.00 bits per heavy atom. The van der Waals surface area contributed by atoms with Gasteiger partial charge in [0, 0.05) is 37.2 Å². The molecule has 2 amide bonds. The topological polar surface area (TPSA) is 84.3 Å². The quantitative estimate of drug-likeness (QED) is 0.330. The van der Waals surface area contributed by atoms with E-state index in [4.69, 9.17) is 11.6 Å². The summed E-state index contributed by atoms with van der Waals surface area (Å²) < 4.78 is 41.4. The van der Waals surface area contributed by atoms with Crippen LogP contribution >= 0.6 is 23.4 Å². The van der Waals surface area contributed by atoms with Gasteiger partial charge >= 0.3 is 6.18 Å². The van der Waals surface area contributed by atoms with Gasteiger partial charge in [0.25, 0.3) is 11.5 Å². The summed E-state index contributed by atoms with van der Waals surface area (Å²) in [5.41, 5.74) is -0.456. The predicted octanol–water partition coefficient (Wildman–Crippen LogP) is 4.14. The van der Waals surface area contributed by atoms with Crippen molar-refractivity contribution in [3.8, 4) is 0 Å². The Kier molecular flexibility index (Phi) is 8.53. The third-order valence-corrected chi connectivity index (χ3v) is 6.95. The molecule has 35 heavy (non-hydrogen) atoms. The van der Waals surface area contributed by atoms with Crippen molar-refractivity contribution in [2.24, 2.45) is 0 Å². The fourth-order valence-corrected chi connectivity index (χ4v) is 4.84.